The number of amides is 2. The van der Waals surface area contributed by atoms with Crippen molar-refractivity contribution in [3.8, 4) is 5.75 Å². The number of hydrogen-bond donors (Lipinski definition) is 2. The molecule has 0 saturated heterocycles. The van der Waals surface area contributed by atoms with Crippen molar-refractivity contribution in [3.05, 3.63) is 90.0 Å². The first kappa shape index (κ1) is 23.9. The van der Waals surface area contributed by atoms with Crippen molar-refractivity contribution in [1.29, 1.82) is 0 Å². The molecule has 3 aromatic carbocycles. The largest absolute Gasteiger partial charge is 0.492 e. The molecule has 0 spiro atoms. The predicted molar refractivity (Wildman–Crippen MR) is 136 cm³/mol. The summed E-state index contributed by atoms with van der Waals surface area (Å²) >= 11 is 5.29. The highest BCUT2D eigenvalue weighted by molar-refractivity contribution is 7.80. The molecule has 0 atom stereocenters. The summed E-state index contributed by atoms with van der Waals surface area (Å²) in [4.78, 5) is 27.0. The van der Waals surface area contributed by atoms with Gasteiger partial charge in [0.15, 0.2) is 5.11 Å². The molecule has 0 aliphatic rings. The van der Waals surface area contributed by atoms with Gasteiger partial charge >= 0.3 is 0 Å². The molecule has 0 unspecified atom stereocenters. The molecular formula is C26H27N3O3S. The molecule has 2 N–H and O–H groups in total. The van der Waals surface area contributed by atoms with Gasteiger partial charge in [-0.3, -0.25) is 14.9 Å². The van der Waals surface area contributed by atoms with Crippen molar-refractivity contribution >= 4 is 40.5 Å². The van der Waals surface area contributed by atoms with Crippen LogP contribution in [0.1, 0.15) is 34.6 Å². The van der Waals surface area contributed by atoms with Crippen LogP contribution in [0.15, 0.2) is 78.9 Å². The van der Waals surface area contributed by atoms with Gasteiger partial charge in [0.1, 0.15) is 5.75 Å². The van der Waals surface area contributed by atoms with Crippen molar-refractivity contribution in [2.24, 2.45) is 5.92 Å². The van der Waals surface area contributed by atoms with Crippen LogP contribution in [-0.4, -0.2) is 30.6 Å². The first-order chi connectivity index (χ1) is 15.8. The number of benzene rings is 3. The standard InChI is InChI=1S/C26H27N3O3S/c1-18(2)17-32-23-12-8-7-11-22(23)24(30)28-26(33)27-20-15-13-19(14-16-20)25(31)29(3)21-9-5-4-6-10-21/h4-16,18H,17H2,1-3H3,(H2,27,28,30,33). The topological polar surface area (TPSA) is 70.7 Å². The Kier molecular flexibility index (Phi) is 8.16. The molecular weight excluding hydrogens is 434 g/mol. The second-order valence-electron chi connectivity index (χ2n) is 7.89. The third-order valence-corrected chi connectivity index (χ3v) is 4.97. The molecule has 2 amide bonds. The molecule has 0 aliphatic carbocycles. The van der Waals surface area contributed by atoms with Crippen LogP contribution >= 0.6 is 12.2 Å². The van der Waals surface area contributed by atoms with Crippen LogP contribution in [-0.2, 0) is 0 Å². The van der Waals surface area contributed by atoms with Gasteiger partial charge in [0, 0.05) is 24.0 Å². The highest BCUT2D eigenvalue weighted by Gasteiger charge is 2.15. The molecule has 0 bridgehead atoms. The number of rotatable bonds is 7. The van der Waals surface area contributed by atoms with E-state index in [4.69, 9.17) is 17.0 Å². The molecule has 0 saturated carbocycles. The summed E-state index contributed by atoms with van der Waals surface area (Å²) < 4.78 is 5.75. The Morgan fingerprint density at radius 1 is 0.939 bits per heavy atom. The Morgan fingerprint density at radius 3 is 2.24 bits per heavy atom. The number of carbonyl (C=O) groups excluding carboxylic acids is 2. The summed E-state index contributed by atoms with van der Waals surface area (Å²) in [5.74, 6) is 0.368. The van der Waals surface area contributed by atoms with Crippen LogP contribution in [0.3, 0.4) is 0 Å². The van der Waals surface area contributed by atoms with Gasteiger partial charge in [-0.25, -0.2) is 0 Å². The van der Waals surface area contributed by atoms with Crippen LogP contribution in [0.25, 0.3) is 0 Å². The molecule has 0 radical (unpaired) electrons. The van der Waals surface area contributed by atoms with Gasteiger partial charge in [-0.2, -0.15) is 0 Å². The van der Waals surface area contributed by atoms with E-state index < -0.39 is 0 Å². The molecule has 0 heterocycles. The maximum atomic E-state index is 12.7. The molecule has 170 valence electrons. The first-order valence-electron chi connectivity index (χ1n) is 10.6. The van der Waals surface area contributed by atoms with Gasteiger partial charge in [-0.05, 0) is 66.7 Å². The highest BCUT2D eigenvalue weighted by Crippen LogP contribution is 2.19. The molecule has 0 fully saturated rings. The number of hydrogen-bond acceptors (Lipinski definition) is 4. The predicted octanol–water partition coefficient (Wildman–Crippen LogP) is 5.12. The summed E-state index contributed by atoms with van der Waals surface area (Å²) in [5, 5.41) is 5.80. The zero-order valence-electron chi connectivity index (χ0n) is 18.9. The highest BCUT2D eigenvalue weighted by atomic mass is 32.1. The molecule has 6 nitrogen and oxygen atoms in total. The summed E-state index contributed by atoms with van der Waals surface area (Å²) in [6, 6.07) is 23.4. The fourth-order valence-corrected chi connectivity index (χ4v) is 3.24. The van der Waals surface area contributed by atoms with Crippen molar-refractivity contribution in [3.63, 3.8) is 0 Å². The lowest BCUT2D eigenvalue weighted by Gasteiger charge is -2.17. The monoisotopic (exact) mass is 461 g/mol. The fraction of sp³-hybridized carbons (Fsp3) is 0.192. The van der Waals surface area contributed by atoms with Gasteiger partial charge in [-0.1, -0.05) is 44.2 Å². The Labute approximate surface area is 199 Å². The van der Waals surface area contributed by atoms with E-state index in [1.807, 2.05) is 50.2 Å². The van der Waals surface area contributed by atoms with Gasteiger partial charge in [-0.15, -0.1) is 0 Å². The van der Waals surface area contributed by atoms with E-state index in [2.05, 4.69) is 10.6 Å². The zero-order chi connectivity index (χ0) is 23.8. The quantitative estimate of drug-likeness (QED) is 0.478. The second kappa shape index (κ2) is 11.2. The summed E-state index contributed by atoms with van der Waals surface area (Å²) in [6.07, 6.45) is 0. The average Bonchev–Trinajstić information content (AvgIpc) is 2.83. The third kappa shape index (κ3) is 6.63. The van der Waals surface area contributed by atoms with E-state index in [-0.39, 0.29) is 16.9 Å². The summed E-state index contributed by atoms with van der Waals surface area (Å²) in [5.41, 5.74) is 2.42. The van der Waals surface area contributed by atoms with E-state index in [1.54, 1.807) is 54.4 Å². The Bertz CT molecular complexity index is 1120. The minimum Gasteiger partial charge on any atom is -0.492 e. The Balaban J connectivity index is 1.60. The van der Waals surface area contributed by atoms with Gasteiger partial charge in [0.25, 0.3) is 11.8 Å². The van der Waals surface area contributed by atoms with Gasteiger partial charge < -0.3 is 15.0 Å². The lowest BCUT2D eigenvalue weighted by atomic mass is 10.1. The number of nitrogens with one attached hydrogen (secondary N) is 2. The number of anilines is 2. The van der Waals surface area contributed by atoms with Crippen LogP contribution in [0.2, 0.25) is 0 Å². The maximum absolute atomic E-state index is 12.7. The molecule has 33 heavy (non-hydrogen) atoms. The Morgan fingerprint density at radius 2 is 1.58 bits per heavy atom. The third-order valence-electron chi connectivity index (χ3n) is 4.77. The van der Waals surface area contributed by atoms with Crippen LogP contribution in [0, 0.1) is 5.92 Å². The van der Waals surface area contributed by atoms with Gasteiger partial charge in [0.2, 0.25) is 0 Å². The number of nitrogens with zero attached hydrogens (tertiary/aromatic N) is 1. The lowest BCUT2D eigenvalue weighted by molar-refractivity contribution is 0.0970. The maximum Gasteiger partial charge on any atom is 0.261 e. The minimum absolute atomic E-state index is 0.123. The molecule has 3 rings (SSSR count). The number of para-hydroxylation sites is 2. The normalized spacial score (nSPS) is 10.4. The zero-order valence-corrected chi connectivity index (χ0v) is 19.7. The fourth-order valence-electron chi connectivity index (χ4n) is 3.03. The van der Waals surface area contributed by atoms with E-state index >= 15 is 0 Å². The van der Waals surface area contributed by atoms with Crippen LogP contribution in [0.4, 0.5) is 11.4 Å². The van der Waals surface area contributed by atoms with E-state index in [1.165, 1.54) is 0 Å². The van der Waals surface area contributed by atoms with Crippen LogP contribution < -0.4 is 20.3 Å². The molecule has 7 heteroatoms. The average molecular weight is 462 g/mol. The molecule has 0 aromatic heterocycles. The second-order valence-corrected chi connectivity index (χ2v) is 8.29. The SMILES string of the molecule is CC(C)COc1ccccc1C(=O)NC(=S)Nc1ccc(C(=O)N(C)c2ccccc2)cc1. The van der Waals surface area contributed by atoms with E-state index in [0.29, 0.717) is 35.1 Å². The van der Waals surface area contributed by atoms with E-state index in [9.17, 15) is 9.59 Å². The Hall–Kier alpha value is -3.71. The van der Waals surface area contributed by atoms with Crippen molar-refractivity contribution in [2.75, 3.05) is 23.9 Å². The molecule has 3 aromatic rings. The van der Waals surface area contributed by atoms with Gasteiger partial charge in [0.05, 0.1) is 12.2 Å². The smallest absolute Gasteiger partial charge is 0.261 e. The minimum atomic E-state index is -0.358. The van der Waals surface area contributed by atoms with E-state index in [0.717, 1.165) is 5.69 Å². The van der Waals surface area contributed by atoms with Crippen molar-refractivity contribution in [2.45, 2.75) is 13.8 Å². The van der Waals surface area contributed by atoms with Crippen LogP contribution in [0.5, 0.6) is 5.75 Å². The first-order valence-corrected chi connectivity index (χ1v) is 11.0. The number of carbonyl (C=O) groups is 2. The van der Waals surface area contributed by atoms with Crippen molar-refractivity contribution < 1.29 is 14.3 Å². The van der Waals surface area contributed by atoms with Crippen molar-refractivity contribution in [1.82, 2.24) is 5.32 Å². The molecule has 0 aliphatic heterocycles. The summed E-state index contributed by atoms with van der Waals surface area (Å²) in [7, 11) is 1.73. The number of thiocarbonyl (C=S) groups is 1. The number of ether oxygens (including phenoxy) is 1. The summed E-state index contributed by atoms with van der Waals surface area (Å²) in [6.45, 7) is 4.60. The lowest BCUT2D eigenvalue weighted by Crippen LogP contribution is -2.34.